The number of halogens is 1. The van der Waals surface area contributed by atoms with E-state index >= 15 is 0 Å². The lowest BCUT2D eigenvalue weighted by Crippen LogP contribution is -2.42. The molecule has 1 aromatic carbocycles. The van der Waals surface area contributed by atoms with E-state index in [1.807, 2.05) is 6.07 Å². The van der Waals surface area contributed by atoms with Crippen LogP contribution in [0.1, 0.15) is 42.6 Å². The number of aliphatic hydroxyl groups is 2. The number of esters is 1. The van der Waals surface area contributed by atoms with Gasteiger partial charge in [0, 0.05) is 11.4 Å². The van der Waals surface area contributed by atoms with E-state index in [4.69, 9.17) is 25.8 Å². The second-order valence-electron chi connectivity index (χ2n) is 8.27. The van der Waals surface area contributed by atoms with Gasteiger partial charge in [-0.3, -0.25) is 0 Å². The van der Waals surface area contributed by atoms with Gasteiger partial charge in [-0.1, -0.05) is 23.7 Å². The Balaban J connectivity index is 1.73. The zero-order chi connectivity index (χ0) is 23.1. The molecule has 176 valence electrons. The Morgan fingerprint density at radius 3 is 2.50 bits per heavy atom. The van der Waals surface area contributed by atoms with Crippen LogP contribution in [0.3, 0.4) is 0 Å². The van der Waals surface area contributed by atoms with Crippen molar-refractivity contribution in [3.05, 3.63) is 46.0 Å². The number of sulfone groups is 1. The summed E-state index contributed by atoms with van der Waals surface area (Å²) in [6.45, 7) is 0.956. The zero-order valence-corrected chi connectivity index (χ0v) is 19.3. The number of benzene rings is 1. The molecule has 1 spiro atoms. The number of hydrogen-bond acceptors (Lipinski definition) is 8. The van der Waals surface area contributed by atoms with E-state index in [2.05, 4.69) is 0 Å². The smallest absolute Gasteiger partial charge is 0.335 e. The summed E-state index contributed by atoms with van der Waals surface area (Å²) >= 11 is 6.36. The van der Waals surface area contributed by atoms with Crippen LogP contribution in [-0.4, -0.2) is 67.7 Å². The fourth-order valence-electron chi connectivity index (χ4n) is 4.94. The largest absolute Gasteiger partial charge is 0.463 e. The maximum Gasteiger partial charge on any atom is 0.335 e. The summed E-state index contributed by atoms with van der Waals surface area (Å²) in [7, 11) is -3.86. The van der Waals surface area contributed by atoms with Gasteiger partial charge < -0.3 is 24.4 Å². The lowest BCUT2D eigenvalue weighted by Gasteiger charge is -2.34. The summed E-state index contributed by atoms with van der Waals surface area (Å²) in [5.41, 5.74) is 1.46. The molecule has 0 saturated carbocycles. The molecule has 0 radical (unpaired) electrons. The Bertz CT molecular complexity index is 1010. The van der Waals surface area contributed by atoms with Gasteiger partial charge in [0.05, 0.1) is 35.9 Å². The number of hydrogen-bond donors (Lipinski definition) is 2. The van der Waals surface area contributed by atoms with E-state index in [0.717, 1.165) is 5.56 Å². The molecule has 1 saturated heterocycles. The third-order valence-electron chi connectivity index (χ3n) is 6.40. The molecule has 1 heterocycles. The highest BCUT2D eigenvalue weighted by molar-refractivity contribution is 7.92. The minimum atomic E-state index is -3.86. The van der Waals surface area contributed by atoms with Gasteiger partial charge in [0.2, 0.25) is 0 Å². The molecule has 1 fully saturated rings. The molecule has 2 aliphatic carbocycles. The number of aliphatic hydroxyl groups excluding tert-OH is 2. The molecule has 0 aromatic heterocycles. The summed E-state index contributed by atoms with van der Waals surface area (Å²) in [5.74, 6) is -2.15. The number of carbonyl (C=O) groups is 1. The van der Waals surface area contributed by atoms with Crippen molar-refractivity contribution in [1.29, 1.82) is 0 Å². The quantitative estimate of drug-likeness (QED) is 0.585. The fraction of sp³-hybridized carbons (Fsp3) is 0.591. The van der Waals surface area contributed by atoms with Crippen molar-refractivity contribution < 1.29 is 37.6 Å². The molecule has 0 amide bonds. The van der Waals surface area contributed by atoms with Gasteiger partial charge in [-0.05, 0) is 49.5 Å². The van der Waals surface area contributed by atoms with E-state index < -0.39 is 44.3 Å². The van der Waals surface area contributed by atoms with Crippen LogP contribution in [0, 0.1) is 0 Å². The minimum absolute atomic E-state index is 0.0473. The van der Waals surface area contributed by atoms with Crippen LogP contribution >= 0.6 is 11.6 Å². The second-order valence-corrected chi connectivity index (χ2v) is 11.0. The van der Waals surface area contributed by atoms with Crippen LogP contribution in [-0.2, 0) is 35.3 Å². The van der Waals surface area contributed by atoms with Gasteiger partial charge in [0.15, 0.2) is 15.6 Å². The third-order valence-corrected chi connectivity index (χ3v) is 9.28. The molecule has 4 rings (SSSR count). The minimum Gasteiger partial charge on any atom is -0.463 e. The molecule has 2 N–H and O–H groups in total. The average molecular weight is 487 g/mol. The Kier molecular flexibility index (Phi) is 6.68. The van der Waals surface area contributed by atoms with Crippen LogP contribution in [0.4, 0.5) is 0 Å². The topological polar surface area (TPSA) is 119 Å². The van der Waals surface area contributed by atoms with Crippen molar-refractivity contribution in [2.24, 2.45) is 0 Å². The van der Waals surface area contributed by atoms with Gasteiger partial charge in [0.25, 0.3) is 0 Å². The van der Waals surface area contributed by atoms with Crippen LogP contribution in [0.2, 0.25) is 5.02 Å². The second kappa shape index (κ2) is 9.04. The standard InChI is InChI=1S/C22H27ClO8S/c1-2-29-21(26)14-10-22(30-16(11-24)17(12-25)31-22)9-8-18(14)32(27,28)19-7-6-13-4-3-5-15(23)20(13)19/h3-5,10,16-19,24-25H,2,6-9,11-12H2,1H3/t16-,17-,18-,19+/m1/s1. The number of fused-ring (bicyclic) bond motifs is 1. The molecule has 3 aliphatic rings. The molecule has 0 bridgehead atoms. The van der Waals surface area contributed by atoms with E-state index in [-0.39, 0.29) is 38.2 Å². The number of aryl methyl sites for hydroxylation is 1. The fourth-order valence-corrected chi connectivity index (χ4v) is 7.75. The summed E-state index contributed by atoms with van der Waals surface area (Å²) in [6.07, 6.45) is 0.996. The van der Waals surface area contributed by atoms with Crippen molar-refractivity contribution in [3.63, 3.8) is 0 Å². The van der Waals surface area contributed by atoms with Crippen LogP contribution in [0.5, 0.6) is 0 Å². The molecule has 10 heteroatoms. The van der Waals surface area contributed by atoms with E-state index in [1.165, 1.54) is 6.08 Å². The maximum atomic E-state index is 13.8. The van der Waals surface area contributed by atoms with Gasteiger partial charge in [-0.15, -0.1) is 0 Å². The van der Waals surface area contributed by atoms with Crippen molar-refractivity contribution in [2.45, 2.75) is 61.1 Å². The van der Waals surface area contributed by atoms with Crippen molar-refractivity contribution in [1.82, 2.24) is 0 Å². The van der Waals surface area contributed by atoms with Crippen molar-refractivity contribution >= 4 is 27.4 Å². The van der Waals surface area contributed by atoms with Crippen LogP contribution in [0.25, 0.3) is 0 Å². The van der Waals surface area contributed by atoms with E-state index in [0.29, 0.717) is 23.4 Å². The molecule has 0 unspecified atom stereocenters. The Hall–Kier alpha value is -1.49. The van der Waals surface area contributed by atoms with Gasteiger partial charge >= 0.3 is 5.97 Å². The predicted molar refractivity (Wildman–Crippen MR) is 116 cm³/mol. The maximum absolute atomic E-state index is 13.8. The number of rotatable bonds is 6. The van der Waals surface area contributed by atoms with E-state index in [9.17, 15) is 23.4 Å². The lowest BCUT2D eigenvalue weighted by atomic mass is 9.94. The number of ether oxygens (including phenoxy) is 3. The van der Waals surface area contributed by atoms with Gasteiger partial charge in [-0.2, -0.15) is 0 Å². The van der Waals surface area contributed by atoms with Crippen molar-refractivity contribution in [3.8, 4) is 0 Å². The first-order chi connectivity index (χ1) is 15.3. The highest BCUT2D eigenvalue weighted by atomic mass is 35.5. The zero-order valence-electron chi connectivity index (χ0n) is 17.7. The van der Waals surface area contributed by atoms with Crippen LogP contribution in [0.15, 0.2) is 29.8 Å². The molecule has 32 heavy (non-hydrogen) atoms. The molecular formula is C22H27ClO8S. The predicted octanol–water partition coefficient (Wildman–Crippen LogP) is 1.86. The van der Waals surface area contributed by atoms with Gasteiger partial charge in [0.1, 0.15) is 12.2 Å². The Morgan fingerprint density at radius 2 is 1.88 bits per heavy atom. The molecule has 8 nitrogen and oxygen atoms in total. The van der Waals surface area contributed by atoms with Gasteiger partial charge in [-0.25, -0.2) is 13.2 Å². The van der Waals surface area contributed by atoms with Crippen molar-refractivity contribution in [2.75, 3.05) is 19.8 Å². The SMILES string of the molecule is CCOC(=O)C1=CC2(CC[C@H]1S(=O)(=O)[C@H]1CCc3cccc(Cl)c31)O[C@H](CO)[C@@H](CO)O2. The summed E-state index contributed by atoms with van der Waals surface area (Å²) in [4.78, 5) is 12.8. The van der Waals surface area contributed by atoms with Crippen LogP contribution < -0.4 is 0 Å². The highest BCUT2D eigenvalue weighted by Gasteiger charge is 2.53. The molecular weight excluding hydrogens is 460 g/mol. The highest BCUT2D eigenvalue weighted by Crippen LogP contribution is 2.47. The lowest BCUT2D eigenvalue weighted by molar-refractivity contribution is -0.154. The summed E-state index contributed by atoms with van der Waals surface area (Å²) < 4.78 is 44.4. The molecule has 4 atom stereocenters. The Morgan fingerprint density at radius 1 is 1.19 bits per heavy atom. The number of carbonyl (C=O) groups excluding carboxylic acids is 1. The molecule has 1 aliphatic heterocycles. The summed E-state index contributed by atoms with van der Waals surface area (Å²) in [5, 5.41) is 17.6. The average Bonchev–Trinajstić information content (AvgIpc) is 3.36. The van der Waals surface area contributed by atoms with E-state index in [1.54, 1.807) is 19.1 Å². The first kappa shape index (κ1) is 23.7. The summed E-state index contributed by atoms with van der Waals surface area (Å²) in [6, 6.07) is 5.35. The molecule has 1 aromatic rings. The normalized spacial score (nSPS) is 29.1. The monoisotopic (exact) mass is 486 g/mol. The third kappa shape index (κ3) is 3.99. The first-order valence-electron chi connectivity index (χ1n) is 10.7. The first-order valence-corrected chi connectivity index (χ1v) is 12.7. The Labute approximate surface area is 192 Å².